The van der Waals surface area contributed by atoms with Gasteiger partial charge in [-0.2, -0.15) is 0 Å². The van der Waals surface area contributed by atoms with Crippen molar-refractivity contribution in [3.8, 4) is 0 Å². The fourth-order valence-electron chi connectivity index (χ4n) is 2.26. The third-order valence-electron chi connectivity index (χ3n) is 3.85. The van der Waals surface area contributed by atoms with Crippen LogP contribution in [-0.2, 0) is 4.74 Å². The van der Waals surface area contributed by atoms with Crippen molar-refractivity contribution in [2.45, 2.75) is 26.3 Å². The van der Waals surface area contributed by atoms with Crippen molar-refractivity contribution in [3.63, 3.8) is 0 Å². The zero-order valence-electron chi connectivity index (χ0n) is 13.5. The van der Waals surface area contributed by atoms with Crippen molar-refractivity contribution in [3.05, 3.63) is 23.9 Å². The fourth-order valence-corrected chi connectivity index (χ4v) is 2.26. The summed E-state index contributed by atoms with van der Waals surface area (Å²) in [6.07, 6.45) is 2.68. The van der Waals surface area contributed by atoms with E-state index in [1.54, 1.807) is 18.3 Å². The monoisotopic (exact) mass is 306 g/mol. The molecule has 0 aromatic carbocycles. The second kappa shape index (κ2) is 8.70. The Bertz CT molecular complexity index is 475. The van der Waals surface area contributed by atoms with Gasteiger partial charge in [0.25, 0.3) is 5.91 Å². The quantitative estimate of drug-likeness (QED) is 0.796. The summed E-state index contributed by atoms with van der Waals surface area (Å²) in [5.74, 6) is 0.693. The summed E-state index contributed by atoms with van der Waals surface area (Å²) in [4.78, 5) is 18.7. The van der Waals surface area contributed by atoms with Gasteiger partial charge in [-0.05, 0) is 25.5 Å². The predicted molar refractivity (Wildman–Crippen MR) is 87.2 cm³/mol. The second-order valence-corrected chi connectivity index (χ2v) is 5.59. The number of aromatic nitrogens is 1. The van der Waals surface area contributed by atoms with Gasteiger partial charge in [-0.15, -0.1) is 0 Å². The van der Waals surface area contributed by atoms with Gasteiger partial charge in [0.2, 0.25) is 0 Å². The summed E-state index contributed by atoms with van der Waals surface area (Å²) in [5.41, 5.74) is 0.641. The number of nitrogens with zero attached hydrogens (tertiary/aromatic N) is 2. The molecule has 1 saturated heterocycles. The molecule has 1 aromatic rings. The van der Waals surface area contributed by atoms with Crippen LogP contribution in [0.3, 0.4) is 0 Å². The Labute approximate surface area is 132 Å². The van der Waals surface area contributed by atoms with Crippen molar-refractivity contribution in [1.82, 2.24) is 15.2 Å². The van der Waals surface area contributed by atoms with Gasteiger partial charge in [0, 0.05) is 44.0 Å². The number of rotatable bonds is 7. The number of carbonyl (C=O) groups is 1. The molecule has 0 saturated carbocycles. The lowest BCUT2D eigenvalue weighted by Gasteiger charge is -2.26. The average Bonchev–Trinajstić information content (AvgIpc) is 2.56. The van der Waals surface area contributed by atoms with Crippen LogP contribution >= 0.6 is 0 Å². The van der Waals surface area contributed by atoms with E-state index in [0.717, 1.165) is 45.1 Å². The molecule has 6 heteroatoms. The number of carbonyl (C=O) groups excluding carboxylic acids is 1. The van der Waals surface area contributed by atoms with Gasteiger partial charge in [0.05, 0.1) is 13.2 Å². The van der Waals surface area contributed by atoms with E-state index in [9.17, 15) is 4.79 Å². The Morgan fingerprint density at radius 1 is 1.45 bits per heavy atom. The summed E-state index contributed by atoms with van der Waals surface area (Å²) in [7, 11) is 0. The van der Waals surface area contributed by atoms with Crippen LogP contribution in [0, 0.1) is 0 Å². The first-order valence-corrected chi connectivity index (χ1v) is 8.00. The SMILES string of the molecule is CCC(C)Nc1cc(C(=O)NCCN2CCOCC2)ccn1. The molecule has 1 fully saturated rings. The van der Waals surface area contributed by atoms with E-state index in [1.807, 2.05) is 0 Å². The van der Waals surface area contributed by atoms with Crippen molar-refractivity contribution in [1.29, 1.82) is 0 Å². The lowest BCUT2D eigenvalue weighted by Crippen LogP contribution is -2.41. The molecular formula is C16H26N4O2. The van der Waals surface area contributed by atoms with Crippen molar-refractivity contribution >= 4 is 11.7 Å². The van der Waals surface area contributed by atoms with Crippen LogP contribution in [0.2, 0.25) is 0 Å². The van der Waals surface area contributed by atoms with Gasteiger partial charge in [-0.3, -0.25) is 9.69 Å². The maximum absolute atomic E-state index is 12.2. The highest BCUT2D eigenvalue weighted by Crippen LogP contribution is 2.09. The summed E-state index contributed by atoms with van der Waals surface area (Å²) < 4.78 is 5.31. The minimum Gasteiger partial charge on any atom is -0.379 e. The largest absolute Gasteiger partial charge is 0.379 e. The molecule has 2 rings (SSSR count). The van der Waals surface area contributed by atoms with E-state index in [2.05, 4.69) is 34.4 Å². The molecule has 1 aliphatic heterocycles. The summed E-state index contributed by atoms with van der Waals surface area (Å²) in [5, 5.41) is 6.25. The Hall–Kier alpha value is -1.66. The number of amides is 1. The standard InChI is InChI=1S/C16H26N4O2/c1-3-13(2)19-15-12-14(4-5-17-15)16(21)18-6-7-20-8-10-22-11-9-20/h4-5,12-13H,3,6-11H2,1-2H3,(H,17,19)(H,18,21). The molecule has 1 aromatic heterocycles. The molecule has 0 radical (unpaired) electrons. The number of hydrogen-bond acceptors (Lipinski definition) is 5. The maximum atomic E-state index is 12.2. The van der Waals surface area contributed by atoms with Crippen LogP contribution in [-0.4, -0.2) is 61.2 Å². The topological polar surface area (TPSA) is 66.5 Å². The van der Waals surface area contributed by atoms with Crippen molar-refractivity contribution in [2.24, 2.45) is 0 Å². The highest BCUT2D eigenvalue weighted by atomic mass is 16.5. The third kappa shape index (κ3) is 5.27. The van der Waals surface area contributed by atoms with E-state index in [1.165, 1.54) is 0 Å². The highest BCUT2D eigenvalue weighted by Gasteiger charge is 2.11. The highest BCUT2D eigenvalue weighted by molar-refractivity contribution is 5.94. The molecule has 2 N–H and O–H groups in total. The zero-order chi connectivity index (χ0) is 15.8. The molecule has 0 aliphatic carbocycles. The molecule has 0 spiro atoms. The lowest BCUT2D eigenvalue weighted by atomic mass is 10.2. The smallest absolute Gasteiger partial charge is 0.251 e. The third-order valence-corrected chi connectivity index (χ3v) is 3.85. The number of hydrogen-bond donors (Lipinski definition) is 2. The average molecular weight is 306 g/mol. The van der Waals surface area contributed by atoms with Crippen LogP contribution in [0.5, 0.6) is 0 Å². The van der Waals surface area contributed by atoms with Gasteiger partial charge < -0.3 is 15.4 Å². The van der Waals surface area contributed by atoms with E-state index < -0.39 is 0 Å². The Balaban J connectivity index is 1.80. The second-order valence-electron chi connectivity index (χ2n) is 5.59. The Morgan fingerprint density at radius 2 is 2.23 bits per heavy atom. The summed E-state index contributed by atoms with van der Waals surface area (Å²) in [6, 6.07) is 3.88. The predicted octanol–water partition coefficient (Wildman–Crippen LogP) is 1.35. The molecule has 1 atom stereocenters. The first kappa shape index (κ1) is 16.7. The number of ether oxygens (including phenoxy) is 1. The zero-order valence-corrected chi connectivity index (χ0v) is 13.5. The lowest BCUT2D eigenvalue weighted by molar-refractivity contribution is 0.0383. The molecule has 1 unspecified atom stereocenters. The van der Waals surface area contributed by atoms with Gasteiger partial charge in [0.1, 0.15) is 5.82 Å². The van der Waals surface area contributed by atoms with Gasteiger partial charge in [0.15, 0.2) is 0 Å². The van der Waals surface area contributed by atoms with E-state index in [0.29, 0.717) is 18.2 Å². The molecule has 2 heterocycles. The van der Waals surface area contributed by atoms with Crippen LogP contribution < -0.4 is 10.6 Å². The van der Waals surface area contributed by atoms with Gasteiger partial charge in [-0.1, -0.05) is 6.92 Å². The van der Waals surface area contributed by atoms with E-state index in [4.69, 9.17) is 4.74 Å². The van der Waals surface area contributed by atoms with E-state index in [-0.39, 0.29) is 5.91 Å². The number of anilines is 1. The molecule has 1 aliphatic rings. The molecule has 0 bridgehead atoms. The molecule has 122 valence electrons. The summed E-state index contributed by atoms with van der Waals surface area (Å²) in [6.45, 7) is 9.15. The van der Waals surface area contributed by atoms with Crippen LogP contribution in [0.1, 0.15) is 30.6 Å². The van der Waals surface area contributed by atoms with Gasteiger partial charge >= 0.3 is 0 Å². The molecule has 22 heavy (non-hydrogen) atoms. The van der Waals surface area contributed by atoms with Gasteiger partial charge in [-0.25, -0.2) is 4.98 Å². The van der Waals surface area contributed by atoms with Crippen molar-refractivity contribution < 1.29 is 9.53 Å². The first-order chi connectivity index (χ1) is 10.7. The van der Waals surface area contributed by atoms with Crippen LogP contribution in [0.25, 0.3) is 0 Å². The Kier molecular flexibility index (Phi) is 6.61. The molecule has 6 nitrogen and oxygen atoms in total. The first-order valence-electron chi connectivity index (χ1n) is 8.00. The molecule has 1 amide bonds. The Morgan fingerprint density at radius 3 is 2.95 bits per heavy atom. The summed E-state index contributed by atoms with van der Waals surface area (Å²) >= 11 is 0. The maximum Gasteiger partial charge on any atom is 0.251 e. The number of nitrogens with one attached hydrogen (secondary N) is 2. The molecular weight excluding hydrogens is 280 g/mol. The van der Waals surface area contributed by atoms with Crippen LogP contribution in [0.4, 0.5) is 5.82 Å². The minimum absolute atomic E-state index is 0.0529. The van der Waals surface area contributed by atoms with Crippen molar-refractivity contribution in [2.75, 3.05) is 44.7 Å². The minimum atomic E-state index is -0.0529. The van der Waals surface area contributed by atoms with Crippen LogP contribution in [0.15, 0.2) is 18.3 Å². The number of pyridine rings is 1. The fraction of sp³-hybridized carbons (Fsp3) is 0.625. The number of morpholine rings is 1. The van der Waals surface area contributed by atoms with E-state index >= 15 is 0 Å². The normalized spacial score (nSPS) is 17.0.